The number of esters is 1. The molecule has 20 heavy (non-hydrogen) atoms. The Kier molecular flexibility index (Phi) is 6.94. The minimum absolute atomic E-state index is 0.346. The summed E-state index contributed by atoms with van der Waals surface area (Å²) in [5, 5.41) is 2.61. The highest BCUT2D eigenvalue weighted by molar-refractivity contribution is 14.1. The molecule has 3 N–H and O–H groups in total. The average molecular weight is 390 g/mol. The molecule has 0 unspecified atom stereocenters. The summed E-state index contributed by atoms with van der Waals surface area (Å²) in [6, 6.07) is 6.47. The van der Waals surface area contributed by atoms with Gasteiger partial charge >= 0.3 is 5.97 Å². The van der Waals surface area contributed by atoms with Crippen LogP contribution in [0.3, 0.4) is 0 Å². The van der Waals surface area contributed by atoms with Gasteiger partial charge < -0.3 is 15.8 Å². The van der Waals surface area contributed by atoms with Crippen molar-refractivity contribution in [2.24, 2.45) is 5.73 Å². The molecule has 1 rings (SSSR count). The Morgan fingerprint density at radius 1 is 1.35 bits per heavy atom. The van der Waals surface area contributed by atoms with E-state index in [9.17, 15) is 9.59 Å². The Hall–Kier alpha value is -1.15. The molecule has 0 saturated heterocycles. The highest BCUT2D eigenvalue weighted by atomic mass is 127. The molecule has 0 saturated carbocycles. The number of nitrogens with two attached hydrogens (primary N) is 1. The number of rotatable bonds is 6. The summed E-state index contributed by atoms with van der Waals surface area (Å²) in [4.78, 5) is 23.4. The van der Waals surface area contributed by atoms with E-state index in [1.807, 2.05) is 24.3 Å². The fourth-order valence-corrected chi connectivity index (χ4v) is 2.08. The number of methoxy groups -OCH3 is 1. The molecule has 0 aliphatic rings. The molecule has 0 aliphatic carbocycles. The standard InChI is InChI=1S/C14H19IN2O3/c1-3-12(14(19)20-2)17-13(18)11(16)8-9-4-6-10(15)7-5-9/h4-7,11-12H,3,8,16H2,1-2H3,(H,17,18)/t11-,12+/m1/s1. The Labute approximate surface area is 132 Å². The van der Waals surface area contributed by atoms with Crippen molar-refractivity contribution in [3.8, 4) is 0 Å². The van der Waals surface area contributed by atoms with Crippen LogP contribution >= 0.6 is 22.6 Å². The summed E-state index contributed by atoms with van der Waals surface area (Å²) in [6.07, 6.45) is 0.898. The number of hydrogen-bond acceptors (Lipinski definition) is 4. The molecule has 0 bridgehead atoms. The zero-order chi connectivity index (χ0) is 15.1. The van der Waals surface area contributed by atoms with Crippen LogP contribution in [-0.4, -0.2) is 31.1 Å². The molecule has 0 radical (unpaired) electrons. The summed E-state index contributed by atoms with van der Waals surface area (Å²) in [6.45, 7) is 1.80. The SMILES string of the molecule is CC[C@H](NC(=O)[C@H](N)Cc1ccc(I)cc1)C(=O)OC. The summed E-state index contributed by atoms with van der Waals surface area (Å²) < 4.78 is 5.75. The highest BCUT2D eigenvalue weighted by Crippen LogP contribution is 2.08. The number of carbonyl (C=O) groups excluding carboxylic acids is 2. The Bertz CT molecular complexity index is 462. The van der Waals surface area contributed by atoms with Crippen LogP contribution in [0.25, 0.3) is 0 Å². The van der Waals surface area contributed by atoms with Gasteiger partial charge in [-0.3, -0.25) is 4.79 Å². The van der Waals surface area contributed by atoms with Crippen LogP contribution in [0.4, 0.5) is 0 Å². The summed E-state index contributed by atoms with van der Waals surface area (Å²) >= 11 is 2.21. The largest absolute Gasteiger partial charge is 0.467 e. The van der Waals surface area contributed by atoms with Crippen molar-refractivity contribution in [2.45, 2.75) is 31.8 Å². The Morgan fingerprint density at radius 2 is 1.95 bits per heavy atom. The van der Waals surface area contributed by atoms with Gasteiger partial charge in [0.2, 0.25) is 5.91 Å². The molecule has 1 aromatic carbocycles. The monoisotopic (exact) mass is 390 g/mol. The van der Waals surface area contributed by atoms with E-state index in [1.54, 1.807) is 6.92 Å². The smallest absolute Gasteiger partial charge is 0.328 e. The van der Waals surface area contributed by atoms with Crippen LogP contribution in [0, 0.1) is 3.57 Å². The van der Waals surface area contributed by atoms with Crippen molar-refractivity contribution in [1.29, 1.82) is 0 Å². The average Bonchev–Trinajstić information content (AvgIpc) is 2.45. The number of ether oxygens (including phenoxy) is 1. The Balaban J connectivity index is 2.58. The summed E-state index contributed by atoms with van der Waals surface area (Å²) in [5.41, 5.74) is 6.85. The third-order valence-electron chi connectivity index (χ3n) is 2.92. The van der Waals surface area contributed by atoms with Crippen LogP contribution in [0.2, 0.25) is 0 Å². The number of nitrogens with one attached hydrogen (secondary N) is 1. The molecule has 0 heterocycles. The fraction of sp³-hybridized carbons (Fsp3) is 0.429. The first-order valence-electron chi connectivity index (χ1n) is 6.36. The minimum atomic E-state index is -0.686. The van der Waals surface area contributed by atoms with Gasteiger partial charge in [-0.25, -0.2) is 4.79 Å². The number of benzene rings is 1. The van der Waals surface area contributed by atoms with Crippen molar-refractivity contribution in [1.82, 2.24) is 5.32 Å². The van der Waals surface area contributed by atoms with Crippen molar-refractivity contribution in [3.63, 3.8) is 0 Å². The molecule has 2 atom stereocenters. The van der Waals surface area contributed by atoms with E-state index in [-0.39, 0.29) is 5.91 Å². The predicted octanol–water partition coefficient (Wildman–Crippen LogP) is 1.23. The lowest BCUT2D eigenvalue weighted by Gasteiger charge is -2.18. The zero-order valence-corrected chi connectivity index (χ0v) is 13.7. The lowest BCUT2D eigenvalue weighted by Crippen LogP contribution is -2.49. The summed E-state index contributed by atoms with van der Waals surface area (Å²) in [7, 11) is 1.29. The summed E-state index contributed by atoms with van der Waals surface area (Å²) in [5.74, 6) is -0.803. The van der Waals surface area contributed by atoms with Gasteiger partial charge in [0.25, 0.3) is 0 Å². The molecule has 0 aliphatic heterocycles. The minimum Gasteiger partial charge on any atom is -0.467 e. The molecule has 6 heteroatoms. The van der Waals surface area contributed by atoms with E-state index in [4.69, 9.17) is 5.73 Å². The van der Waals surface area contributed by atoms with Crippen molar-refractivity contribution >= 4 is 34.5 Å². The fourth-order valence-electron chi connectivity index (χ4n) is 1.72. The van der Waals surface area contributed by atoms with Crippen LogP contribution < -0.4 is 11.1 Å². The van der Waals surface area contributed by atoms with Crippen molar-refractivity contribution in [3.05, 3.63) is 33.4 Å². The van der Waals surface area contributed by atoms with Gasteiger partial charge in [0, 0.05) is 3.57 Å². The first-order valence-corrected chi connectivity index (χ1v) is 7.44. The van der Waals surface area contributed by atoms with Crippen molar-refractivity contribution in [2.75, 3.05) is 7.11 Å². The lowest BCUT2D eigenvalue weighted by molar-refractivity contribution is -0.145. The van der Waals surface area contributed by atoms with Gasteiger partial charge in [-0.2, -0.15) is 0 Å². The van der Waals surface area contributed by atoms with Crippen LogP contribution in [0.1, 0.15) is 18.9 Å². The second-order valence-electron chi connectivity index (χ2n) is 4.43. The van der Waals surface area contributed by atoms with E-state index in [0.29, 0.717) is 12.8 Å². The zero-order valence-electron chi connectivity index (χ0n) is 11.6. The predicted molar refractivity (Wildman–Crippen MR) is 85.1 cm³/mol. The molecule has 0 spiro atoms. The number of carbonyl (C=O) groups is 2. The molecule has 5 nitrogen and oxygen atoms in total. The normalized spacial score (nSPS) is 13.4. The van der Waals surface area contributed by atoms with Gasteiger partial charge in [0.05, 0.1) is 13.2 Å². The first kappa shape index (κ1) is 16.9. The third-order valence-corrected chi connectivity index (χ3v) is 3.64. The second kappa shape index (κ2) is 8.21. The van der Waals surface area contributed by atoms with Gasteiger partial charge in [-0.15, -0.1) is 0 Å². The van der Waals surface area contributed by atoms with Gasteiger partial charge in [0.1, 0.15) is 6.04 Å². The first-order chi connectivity index (χ1) is 9.47. The maximum absolute atomic E-state index is 12.0. The van der Waals surface area contributed by atoms with Gasteiger partial charge in [0.15, 0.2) is 0 Å². The lowest BCUT2D eigenvalue weighted by atomic mass is 10.1. The third kappa shape index (κ3) is 5.09. The molecule has 0 fully saturated rings. The maximum atomic E-state index is 12.0. The quantitative estimate of drug-likeness (QED) is 0.566. The molecule has 1 amide bonds. The van der Waals surface area contributed by atoms with E-state index < -0.39 is 18.1 Å². The van der Waals surface area contributed by atoms with Crippen molar-refractivity contribution < 1.29 is 14.3 Å². The molecular weight excluding hydrogens is 371 g/mol. The van der Waals surface area contributed by atoms with Gasteiger partial charge in [-0.1, -0.05) is 19.1 Å². The molecule has 110 valence electrons. The highest BCUT2D eigenvalue weighted by Gasteiger charge is 2.22. The molecular formula is C14H19IN2O3. The Morgan fingerprint density at radius 3 is 2.45 bits per heavy atom. The van der Waals surface area contributed by atoms with Gasteiger partial charge in [-0.05, 0) is 53.1 Å². The number of hydrogen-bond donors (Lipinski definition) is 2. The van der Waals surface area contributed by atoms with E-state index in [0.717, 1.165) is 9.13 Å². The van der Waals surface area contributed by atoms with Crippen LogP contribution in [0.15, 0.2) is 24.3 Å². The van der Waals surface area contributed by atoms with E-state index >= 15 is 0 Å². The van der Waals surface area contributed by atoms with E-state index in [1.165, 1.54) is 7.11 Å². The topological polar surface area (TPSA) is 81.4 Å². The van der Waals surface area contributed by atoms with Crippen LogP contribution in [-0.2, 0) is 20.7 Å². The molecule has 1 aromatic rings. The molecule has 0 aromatic heterocycles. The number of halogens is 1. The van der Waals surface area contributed by atoms with E-state index in [2.05, 4.69) is 32.6 Å². The second-order valence-corrected chi connectivity index (χ2v) is 5.68. The maximum Gasteiger partial charge on any atom is 0.328 e. The number of amides is 1. The van der Waals surface area contributed by atoms with Crippen LogP contribution in [0.5, 0.6) is 0 Å².